The van der Waals surface area contributed by atoms with Gasteiger partial charge in [-0.05, 0) is 42.0 Å². The second-order valence-corrected chi connectivity index (χ2v) is 7.09. The highest BCUT2D eigenvalue weighted by molar-refractivity contribution is 5.94. The van der Waals surface area contributed by atoms with Gasteiger partial charge in [0, 0.05) is 19.3 Å². The molecule has 0 bridgehead atoms. The molecular formula is C22H23N3O2. The summed E-state index contributed by atoms with van der Waals surface area (Å²) in [5, 5.41) is 13.5. The Labute approximate surface area is 158 Å². The molecule has 5 heteroatoms. The summed E-state index contributed by atoms with van der Waals surface area (Å²) in [5.41, 5.74) is 3.76. The molecular weight excluding hydrogens is 338 g/mol. The van der Waals surface area contributed by atoms with Gasteiger partial charge < -0.3 is 10.0 Å². The maximum absolute atomic E-state index is 12.8. The van der Waals surface area contributed by atoms with Gasteiger partial charge in [0.2, 0.25) is 0 Å². The van der Waals surface area contributed by atoms with Crippen LogP contribution in [0.2, 0.25) is 0 Å². The fraction of sp³-hybridized carbons (Fsp3) is 0.273. The van der Waals surface area contributed by atoms with E-state index in [-0.39, 0.29) is 12.5 Å². The summed E-state index contributed by atoms with van der Waals surface area (Å²) in [4.78, 5) is 14.7. The molecule has 0 aliphatic carbocycles. The average molecular weight is 361 g/mol. The normalized spacial score (nSPS) is 16.6. The Morgan fingerprint density at radius 3 is 2.56 bits per heavy atom. The SMILES string of the molecule is O=C(c1cnn(-c2ccccc2)c1)N1CC[C@@H](Cc2ccc(CO)cc2)C1. The third-order valence-electron chi connectivity index (χ3n) is 5.15. The van der Waals surface area contributed by atoms with E-state index in [9.17, 15) is 4.79 Å². The van der Waals surface area contributed by atoms with E-state index in [1.807, 2.05) is 47.4 Å². The molecule has 5 nitrogen and oxygen atoms in total. The maximum Gasteiger partial charge on any atom is 0.257 e. The van der Waals surface area contributed by atoms with Crippen LogP contribution in [-0.2, 0) is 13.0 Å². The van der Waals surface area contributed by atoms with Crippen LogP contribution in [0.4, 0.5) is 0 Å². The number of hydrogen-bond donors (Lipinski definition) is 1. The number of amides is 1. The molecule has 1 atom stereocenters. The predicted molar refractivity (Wildman–Crippen MR) is 104 cm³/mol. The summed E-state index contributed by atoms with van der Waals surface area (Å²) in [6.45, 7) is 1.63. The summed E-state index contributed by atoms with van der Waals surface area (Å²) in [7, 11) is 0. The highest BCUT2D eigenvalue weighted by Gasteiger charge is 2.27. The monoisotopic (exact) mass is 361 g/mol. The Bertz CT molecular complexity index is 903. The zero-order valence-electron chi connectivity index (χ0n) is 15.2. The smallest absolute Gasteiger partial charge is 0.257 e. The zero-order valence-corrected chi connectivity index (χ0v) is 15.2. The van der Waals surface area contributed by atoms with Gasteiger partial charge in [-0.25, -0.2) is 4.68 Å². The number of rotatable bonds is 5. The van der Waals surface area contributed by atoms with Crippen LogP contribution in [-0.4, -0.2) is 38.8 Å². The van der Waals surface area contributed by atoms with E-state index in [0.29, 0.717) is 11.5 Å². The first kappa shape index (κ1) is 17.5. The largest absolute Gasteiger partial charge is 0.392 e. The Balaban J connectivity index is 1.38. The van der Waals surface area contributed by atoms with Gasteiger partial charge in [0.15, 0.2) is 0 Å². The Hall–Kier alpha value is -2.92. The van der Waals surface area contributed by atoms with E-state index in [1.54, 1.807) is 17.1 Å². The molecule has 138 valence electrons. The fourth-order valence-electron chi connectivity index (χ4n) is 3.64. The first-order chi connectivity index (χ1) is 13.2. The standard InChI is InChI=1S/C22H23N3O2/c26-16-18-8-6-17(7-9-18)12-19-10-11-24(14-19)22(27)20-13-23-25(15-20)21-4-2-1-3-5-21/h1-9,13,15,19,26H,10-12,14,16H2/t19-/m0/s1. The number of carbonyl (C=O) groups is 1. The number of aliphatic hydroxyl groups is 1. The maximum atomic E-state index is 12.8. The Kier molecular flexibility index (Phi) is 5.03. The molecule has 1 amide bonds. The second kappa shape index (κ2) is 7.76. The number of aromatic nitrogens is 2. The van der Waals surface area contributed by atoms with Gasteiger partial charge in [-0.15, -0.1) is 0 Å². The summed E-state index contributed by atoms with van der Waals surface area (Å²) in [6.07, 6.45) is 5.42. The molecule has 1 aliphatic heterocycles. The van der Waals surface area contributed by atoms with Crippen molar-refractivity contribution in [1.29, 1.82) is 0 Å². The van der Waals surface area contributed by atoms with Gasteiger partial charge in [0.05, 0.1) is 24.1 Å². The minimum atomic E-state index is 0.0512. The molecule has 0 spiro atoms. The van der Waals surface area contributed by atoms with E-state index >= 15 is 0 Å². The number of hydrogen-bond acceptors (Lipinski definition) is 3. The molecule has 1 aliphatic rings. The molecule has 2 heterocycles. The van der Waals surface area contributed by atoms with Crippen LogP contribution in [0.15, 0.2) is 67.0 Å². The molecule has 1 N–H and O–H groups in total. The predicted octanol–water partition coefficient (Wildman–Crippen LogP) is 3.07. The molecule has 0 unspecified atom stereocenters. The molecule has 3 aromatic rings. The lowest BCUT2D eigenvalue weighted by atomic mass is 9.98. The number of benzene rings is 2. The van der Waals surface area contributed by atoms with Crippen molar-refractivity contribution in [3.8, 4) is 5.69 Å². The van der Waals surface area contributed by atoms with E-state index in [4.69, 9.17) is 5.11 Å². The second-order valence-electron chi connectivity index (χ2n) is 7.09. The summed E-state index contributed by atoms with van der Waals surface area (Å²) in [5.74, 6) is 0.522. The molecule has 1 aromatic heterocycles. The minimum Gasteiger partial charge on any atom is -0.392 e. The van der Waals surface area contributed by atoms with Crippen LogP contribution in [0.25, 0.3) is 5.69 Å². The first-order valence-corrected chi connectivity index (χ1v) is 9.31. The lowest BCUT2D eigenvalue weighted by Gasteiger charge is -2.15. The van der Waals surface area contributed by atoms with Gasteiger partial charge >= 0.3 is 0 Å². The number of likely N-dealkylation sites (tertiary alicyclic amines) is 1. The van der Waals surface area contributed by atoms with Crippen molar-refractivity contribution in [1.82, 2.24) is 14.7 Å². The van der Waals surface area contributed by atoms with Crippen molar-refractivity contribution in [2.75, 3.05) is 13.1 Å². The van der Waals surface area contributed by atoms with E-state index < -0.39 is 0 Å². The van der Waals surface area contributed by atoms with Crippen molar-refractivity contribution in [2.45, 2.75) is 19.4 Å². The zero-order chi connectivity index (χ0) is 18.6. The molecule has 1 fully saturated rings. The first-order valence-electron chi connectivity index (χ1n) is 9.31. The number of para-hydroxylation sites is 1. The summed E-state index contributed by atoms with van der Waals surface area (Å²) in [6, 6.07) is 17.9. The Morgan fingerprint density at radius 1 is 1.07 bits per heavy atom. The molecule has 0 radical (unpaired) electrons. The molecule has 1 saturated heterocycles. The number of carbonyl (C=O) groups excluding carboxylic acids is 1. The van der Waals surface area contributed by atoms with Crippen LogP contribution in [0, 0.1) is 5.92 Å². The Morgan fingerprint density at radius 2 is 1.81 bits per heavy atom. The number of nitrogens with zero attached hydrogens (tertiary/aromatic N) is 3. The van der Waals surface area contributed by atoms with Crippen LogP contribution >= 0.6 is 0 Å². The van der Waals surface area contributed by atoms with Crippen molar-refractivity contribution < 1.29 is 9.90 Å². The molecule has 0 saturated carbocycles. The molecule has 27 heavy (non-hydrogen) atoms. The van der Waals surface area contributed by atoms with Gasteiger partial charge in [0.25, 0.3) is 5.91 Å². The average Bonchev–Trinajstić information content (AvgIpc) is 3.39. The fourth-order valence-corrected chi connectivity index (χ4v) is 3.64. The van der Waals surface area contributed by atoms with Crippen molar-refractivity contribution >= 4 is 5.91 Å². The van der Waals surface area contributed by atoms with Crippen LogP contribution in [0.5, 0.6) is 0 Å². The van der Waals surface area contributed by atoms with E-state index in [2.05, 4.69) is 17.2 Å². The minimum absolute atomic E-state index is 0.0512. The quantitative estimate of drug-likeness (QED) is 0.760. The van der Waals surface area contributed by atoms with Crippen LogP contribution in [0.1, 0.15) is 27.9 Å². The van der Waals surface area contributed by atoms with Gasteiger partial charge in [-0.2, -0.15) is 5.10 Å². The molecule has 4 rings (SSSR count). The van der Waals surface area contributed by atoms with Crippen molar-refractivity contribution in [3.05, 3.63) is 83.7 Å². The van der Waals surface area contributed by atoms with Crippen molar-refractivity contribution in [3.63, 3.8) is 0 Å². The van der Waals surface area contributed by atoms with Crippen LogP contribution in [0.3, 0.4) is 0 Å². The lowest BCUT2D eigenvalue weighted by molar-refractivity contribution is 0.0787. The summed E-state index contributed by atoms with van der Waals surface area (Å²) < 4.78 is 1.74. The van der Waals surface area contributed by atoms with E-state index in [1.165, 1.54) is 5.56 Å². The lowest BCUT2D eigenvalue weighted by Crippen LogP contribution is -2.28. The number of aliphatic hydroxyl groups excluding tert-OH is 1. The van der Waals surface area contributed by atoms with Crippen molar-refractivity contribution in [2.24, 2.45) is 5.92 Å². The topological polar surface area (TPSA) is 58.4 Å². The van der Waals surface area contributed by atoms with Crippen LogP contribution < -0.4 is 0 Å². The highest BCUT2D eigenvalue weighted by Crippen LogP contribution is 2.23. The van der Waals surface area contributed by atoms with Gasteiger partial charge in [0.1, 0.15) is 0 Å². The van der Waals surface area contributed by atoms with Gasteiger partial charge in [-0.1, -0.05) is 42.5 Å². The third kappa shape index (κ3) is 3.93. The van der Waals surface area contributed by atoms with Gasteiger partial charge in [-0.3, -0.25) is 4.79 Å². The summed E-state index contributed by atoms with van der Waals surface area (Å²) >= 11 is 0. The molecule has 2 aromatic carbocycles. The third-order valence-corrected chi connectivity index (χ3v) is 5.15. The highest BCUT2D eigenvalue weighted by atomic mass is 16.3. The van der Waals surface area contributed by atoms with E-state index in [0.717, 1.165) is 37.2 Å².